The average Bonchev–Trinajstić information content (AvgIpc) is 3.38. The van der Waals surface area contributed by atoms with Crippen molar-refractivity contribution in [2.24, 2.45) is 16.8 Å². The molecule has 0 radical (unpaired) electrons. The normalized spacial score (nSPS) is 23.9. The van der Waals surface area contributed by atoms with Gasteiger partial charge in [0.15, 0.2) is 5.96 Å². The van der Waals surface area contributed by atoms with Gasteiger partial charge in [0.2, 0.25) is 5.91 Å². The Bertz CT molecular complexity index is 614. The number of carbonyl (C=O) groups is 1. The molecule has 0 aromatic carbocycles. The summed E-state index contributed by atoms with van der Waals surface area (Å²) < 4.78 is 0. The third kappa shape index (κ3) is 5.94. The Morgan fingerprint density at radius 3 is 2.78 bits per heavy atom. The van der Waals surface area contributed by atoms with E-state index in [0.29, 0.717) is 25.0 Å². The van der Waals surface area contributed by atoms with E-state index < -0.39 is 0 Å². The molecule has 2 atom stereocenters. The maximum atomic E-state index is 11.7. The zero-order chi connectivity index (χ0) is 19.1. The number of hydrogen-bond donors (Lipinski definition) is 3. The average molecular weight is 392 g/mol. The molecule has 27 heavy (non-hydrogen) atoms. The van der Waals surface area contributed by atoms with Crippen LogP contribution in [0.5, 0.6) is 0 Å². The molecule has 1 aromatic heterocycles. The fourth-order valence-electron chi connectivity index (χ4n) is 3.77. The molecular formula is C20H33N5OS. The van der Waals surface area contributed by atoms with Crippen molar-refractivity contribution in [3.05, 3.63) is 22.4 Å². The van der Waals surface area contributed by atoms with Crippen molar-refractivity contribution in [2.45, 2.75) is 38.6 Å². The molecule has 2 aliphatic rings. The first-order chi connectivity index (χ1) is 13.2. The summed E-state index contributed by atoms with van der Waals surface area (Å²) in [6, 6.07) is 4.85. The van der Waals surface area contributed by atoms with Crippen LogP contribution in [-0.4, -0.2) is 56.5 Å². The van der Waals surface area contributed by atoms with Crippen molar-refractivity contribution < 1.29 is 4.79 Å². The number of carbonyl (C=O) groups excluding carboxylic acids is 1. The van der Waals surface area contributed by atoms with Crippen LogP contribution in [-0.2, 0) is 4.79 Å². The second kappa shape index (κ2) is 10.1. The van der Waals surface area contributed by atoms with Crippen LogP contribution in [0, 0.1) is 11.8 Å². The monoisotopic (exact) mass is 391 g/mol. The molecule has 0 spiro atoms. The Hall–Kier alpha value is -1.60. The van der Waals surface area contributed by atoms with E-state index >= 15 is 0 Å². The quantitative estimate of drug-likeness (QED) is 0.361. The van der Waals surface area contributed by atoms with Crippen LogP contribution in [0.3, 0.4) is 0 Å². The highest BCUT2D eigenvalue weighted by Crippen LogP contribution is 2.37. The van der Waals surface area contributed by atoms with Gasteiger partial charge in [0, 0.05) is 43.0 Å². The highest BCUT2D eigenvalue weighted by molar-refractivity contribution is 7.10. The summed E-state index contributed by atoms with van der Waals surface area (Å²) in [4.78, 5) is 20.5. The lowest BCUT2D eigenvalue weighted by Gasteiger charge is -2.38. The van der Waals surface area contributed by atoms with Gasteiger partial charge in [0.1, 0.15) is 0 Å². The predicted octanol–water partition coefficient (Wildman–Crippen LogP) is 2.21. The van der Waals surface area contributed by atoms with Gasteiger partial charge in [-0.3, -0.25) is 14.7 Å². The van der Waals surface area contributed by atoms with Gasteiger partial charge in [-0.05, 0) is 63.6 Å². The molecule has 3 rings (SSSR count). The number of guanidine groups is 1. The van der Waals surface area contributed by atoms with Gasteiger partial charge in [-0.2, -0.15) is 0 Å². The highest BCUT2D eigenvalue weighted by atomic mass is 32.1. The van der Waals surface area contributed by atoms with E-state index in [9.17, 15) is 4.79 Å². The van der Waals surface area contributed by atoms with Crippen molar-refractivity contribution >= 4 is 23.2 Å². The molecule has 0 bridgehead atoms. The number of hydrogen-bond acceptors (Lipinski definition) is 4. The first-order valence-electron chi connectivity index (χ1n) is 10.2. The highest BCUT2D eigenvalue weighted by Gasteiger charge is 2.31. The van der Waals surface area contributed by atoms with Crippen LogP contribution in [0.15, 0.2) is 22.5 Å². The predicted molar refractivity (Wildman–Crippen MR) is 112 cm³/mol. The number of piperidine rings is 1. The van der Waals surface area contributed by atoms with Gasteiger partial charge in [0.05, 0.1) is 0 Å². The largest absolute Gasteiger partial charge is 0.357 e. The van der Waals surface area contributed by atoms with Gasteiger partial charge in [-0.1, -0.05) is 6.07 Å². The Labute approximate surface area is 166 Å². The van der Waals surface area contributed by atoms with E-state index in [1.807, 2.05) is 11.3 Å². The minimum atomic E-state index is 0.197. The topological polar surface area (TPSA) is 68.8 Å². The van der Waals surface area contributed by atoms with E-state index in [2.05, 4.69) is 52.3 Å². The third-order valence-corrected chi connectivity index (χ3v) is 6.28. The van der Waals surface area contributed by atoms with E-state index in [0.717, 1.165) is 38.4 Å². The minimum Gasteiger partial charge on any atom is -0.357 e. The van der Waals surface area contributed by atoms with Gasteiger partial charge in [-0.25, -0.2) is 0 Å². The van der Waals surface area contributed by atoms with Gasteiger partial charge in [0.25, 0.3) is 0 Å². The summed E-state index contributed by atoms with van der Waals surface area (Å²) in [5.41, 5.74) is 0. The van der Waals surface area contributed by atoms with E-state index in [1.54, 1.807) is 0 Å². The number of amides is 1. The fourth-order valence-corrected chi connectivity index (χ4v) is 4.75. The van der Waals surface area contributed by atoms with Crippen LogP contribution in [0.4, 0.5) is 0 Å². The molecule has 1 aliphatic heterocycles. The maximum Gasteiger partial charge on any atom is 0.223 e. The molecule has 6 nitrogen and oxygen atoms in total. The summed E-state index contributed by atoms with van der Waals surface area (Å²) in [5, 5.41) is 11.8. The zero-order valence-corrected chi connectivity index (χ0v) is 17.4. The lowest BCUT2D eigenvalue weighted by molar-refractivity contribution is -0.122. The number of rotatable bonds is 8. The van der Waals surface area contributed by atoms with E-state index in [1.165, 1.54) is 17.7 Å². The maximum absolute atomic E-state index is 11.7. The van der Waals surface area contributed by atoms with Crippen LogP contribution in [0.1, 0.15) is 43.5 Å². The molecule has 1 saturated heterocycles. The molecule has 2 fully saturated rings. The SMILES string of the molecule is CCNC(=NCC1CCCN(C)C1c1cccs1)NCCNC(=O)C1CC1. The Morgan fingerprint density at radius 2 is 2.07 bits per heavy atom. The molecule has 3 N–H and O–H groups in total. The summed E-state index contributed by atoms with van der Waals surface area (Å²) in [6.07, 6.45) is 4.54. The number of nitrogens with zero attached hydrogens (tertiary/aromatic N) is 2. The minimum absolute atomic E-state index is 0.197. The molecule has 1 aromatic rings. The molecule has 2 heterocycles. The standard InChI is InChI=1S/C20H33N5OS/c1-3-21-20(23-11-10-22-19(26)15-8-9-15)24-14-16-6-4-12-25(2)18(16)17-7-5-13-27-17/h5,7,13,15-16,18H,3-4,6,8-12,14H2,1-2H3,(H,22,26)(H2,21,23,24). The van der Waals surface area contributed by atoms with Crippen molar-refractivity contribution in [1.82, 2.24) is 20.9 Å². The molecule has 1 amide bonds. The van der Waals surface area contributed by atoms with E-state index in [4.69, 9.17) is 4.99 Å². The first-order valence-corrected chi connectivity index (χ1v) is 11.1. The van der Waals surface area contributed by atoms with E-state index in [-0.39, 0.29) is 11.8 Å². The molecule has 1 saturated carbocycles. The smallest absolute Gasteiger partial charge is 0.223 e. The summed E-state index contributed by atoms with van der Waals surface area (Å²) in [7, 11) is 2.23. The molecule has 7 heteroatoms. The molecule has 1 aliphatic carbocycles. The van der Waals surface area contributed by atoms with Gasteiger partial charge < -0.3 is 16.0 Å². The number of likely N-dealkylation sites (tertiary alicyclic amines) is 1. The van der Waals surface area contributed by atoms with Crippen LogP contribution in [0.25, 0.3) is 0 Å². The number of aliphatic imine (C=N–C) groups is 1. The Kier molecular flexibility index (Phi) is 7.52. The van der Waals surface area contributed by atoms with Crippen molar-refractivity contribution in [1.29, 1.82) is 0 Å². The molecule has 150 valence electrons. The van der Waals surface area contributed by atoms with Crippen molar-refractivity contribution in [2.75, 3.05) is 39.8 Å². The van der Waals surface area contributed by atoms with Crippen molar-refractivity contribution in [3.8, 4) is 0 Å². The van der Waals surface area contributed by atoms with Crippen LogP contribution < -0.4 is 16.0 Å². The summed E-state index contributed by atoms with van der Waals surface area (Å²) >= 11 is 1.85. The molecular weight excluding hydrogens is 358 g/mol. The number of nitrogens with one attached hydrogen (secondary N) is 3. The summed E-state index contributed by atoms with van der Waals surface area (Å²) in [5.74, 6) is 1.84. The summed E-state index contributed by atoms with van der Waals surface area (Å²) in [6.45, 7) is 6.22. The Morgan fingerprint density at radius 1 is 1.26 bits per heavy atom. The fraction of sp³-hybridized carbons (Fsp3) is 0.700. The lowest BCUT2D eigenvalue weighted by Crippen LogP contribution is -2.42. The second-order valence-electron chi connectivity index (χ2n) is 7.55. The lowest BCUT2D eigenvalue weighted by atomic mass is 9.88. The second-order valence-corrected chi connectivity index (χ2v) is 8.53. The van der Waals surface area contributed by atoms with Gasteiger partial charge >= 0.3 is 0 Å². The zero-order valence-electron chi connectivity index (χ0n) is 16.5. The van der Waals surface area contributed by atoms with Gasteiger partial charge in [-0.15, -0.1) is 11.3 Å². The first kappa shape index (κ1) is 20.1. The number of thiophene rings is 1. The van der Waals surface area contributed by atoms with Crippen molar-refractivity contribution in [3.63, 3.8) is 0 Å². The van der Waals surface area contributed by atoms with Crippen LogP contribution >= 0.6 is 11.3 Å². The third-order valence-electron chi connectivity index (χ3n) is 5.33. The molecule has 2 unspecified atom stereocenters. The van der Waals surface area contributed by atoms with Crippen LogP contribution in [0.2, 0.25) is 0 Å². The Balaban J connectivity index is 1.51.